The summed E-state index contributed by atoms with van der Waals surface area (Å²) >= 11 is 0. The first kappa shape index (κ1) is 23.0. The van der Waals surface area contributed by atoms with E-state index in [2.05, 4.69) is 15.4 Å². The van der Waals surface area contributed by atoms with Crippen molar-refractivity contribution in [3.8, 4) is 11.6 Å². The van der Waals surface area contributed by atoms with Gasteiger partial charge >= 0.3 is 5.97 Å². The van der Waals surface area contributed by atoms with Gasteiger partial charge in [0.1, 0.15) is 11.3 Å². The maximum absolute atomic E-state index is 12.7. The first-order valence-electron chi connectivity index (χ1n) is 11.2. The van der Waals surface area contributed by atoms with E-state index in [9.17, 15) is 9.59 Å². The van der Waals surface area contributed by atoms with Crippen LogP contribution < -0.4 is 10.1 Å². The smallest absolute Gasteiger partial charge is 0.343 e. The number of aryl methyl sites for hydroxylation is 1. The molecule has 0 spiro atoms. The van der Waals surface area contributed by atoms with E-state index in [-0.39, 0.29) is 30.3 Å². The van der Waals surface area contributed by atoms with Gasteiger partial charge in [-0.15, -0.1) is 0 Å². The Bertz CT molecular complexity index is 1300. The van der Waals surface area contributed by atoms with Gasteiger partial charge in [-0.05, 0) is 50.1 Å². The minimum absolute atomic E-state index is 0.170. The Morgan fingerprint density at radius 2 is 1.82 bits per heavy atom. The van der Waals surface area contributed by atoms with Crippen molar-refractivity contribution < 1.29 is 19.1 Å². The molecule has 2 aromatic heterocycles. The molecule has 34 heavy (non-hydrogen) atoms. The summed E-state index contributed by atoms with van der Waals surface area (Å²) in [5, 5.41) is 8.19. The molecule has 1 amide bonds. The summed E-state index contributed by atoms with van der Waals surface area (Å²) in [6.45, 7) is 4.31. The van der Waals surface area contributed by atoms with Crippen molar-refractivity contribution in [2.24, 2.45) is 0 Å². The van der Waals surface area contributed by atoms with Crippen molar-refractivity contribution >= 4 is 28.6 Å². The number of nitrogens with zero attached hydrogens (tertiary/aromatic N) is 3. The lowest BCUT2D eigenvalue weighted by Crippen LogP contribution is -2.19. The van der Waals surface area contributed by atoms with E-state index in [0.29, 0.717) is 18.8 Å². The van der Waals surface area contributed by atoms with E-state index in [4.69, 9.17) is 9.47 Å². The fourth-order valence-electron chi connectivity index (χ4n) is 3.57. The highest BCUT2D eigenvalue weighted by atomic mass is 16.5. The molecule has 0 aliphatic carbocycles. The summed E-state index contributed by atoms with van der Waals surface area (Å²) in [6, 6.07) is 19.1. The Morgan fingerprint density at radius 3 is 2.62 bits per heavy atom. The molecule has 0 unspecified atom stereocenters. The number of para-hydroxylation sites is 2. The van der Waals surface area contributed by atoms with Gasteiger partial charge in [-0.1, -0.05) is 36.4 Å². The average Bonchev–Trinajstić information content (AvgIpc) is 3.26. The molecule has 0 radical (unpaired) electrons. The third-order valence-electron chi connectivity index (χ3n) is 5.21. The van der Waals surface area contributed by atoms with Crippen molar-refractivity contribution in [2.45, 2.75) is 26.7 Å². The molecular formula is C26H26N4O4. The molecule has 8 nitrogen and oxygen atoms in total. The lowest BCUT2D eigenvalue weighted by Gasteiger charge is -2.12. The number of esters is 1. The highest BCUT2D eigenvalue weighted by Gasteiger charge is 2.22. The van der Waals surface area contributed by atoms with Crippen molar-refractivity contribution in [1.82, 2.24) is 14.8 Å². The van der Waals surface area contributed by atoms with Crippen LogP contribution in [0.2, 0.25) is 0 Å². The zero-order chi connectivity index (χ0) is 23.9. The molecule has 8 heteroatoms. The van der Waals surface area contributed by atoms with Crippen LogP contribution in [0.15, 0.2) is 66.9 Å². The number of hydrogen-bond donors (Lipinski definition) is 1. The number of carbonyl (C=O) groups is 2. The van der Waals surface area contributed by atoms with Crippen LogP contribution in [0.3, 0.4) is 0 Å². The molecule has 0 fully saturated rings. The van der Waals surface area contributed by atoms with E-state index in [1.165, 1.54) is 10.9 Å². The van der Waals surface area contributed by atoms with Crippen LogP contribution in [0.1, 0.15) is 35.7 Å². The van der Waals surface area contributed by atoms with Crippen LogP contribution in [0, 0.1) is 6.92 Å². The molecular weight excluding hydrogens is 432 g/mol. The van der Waals surface area contributed by atoms with Gasteiger partial charge in [0.15, 0.2) is 11.6 Å². The summed E-state index contributed by atoms with van der Waals surface area (Å²) < 4.78 is 12.3. The second-order valence-corrected chi connectivity index (χ2v) is 7.67. The van der Waals surface area contributed by atoms with Gasteiger partial charge in [-0.2, -0.15) is 9.78 Å². The largest absolute Gasteiger partial charge is 0.494 e. The monoisotopic (exact) mass is 458 g/mol. The number of pyridine rings is 1. The van der Waals surface area contributed by atoms with Gasteiger partial charge in [-0.25, -0.2) is 9.78 Å². The van der Waals surface area contributed by atoms with Gasteiger partial charge in [0, 0.05) is 11.8 Å². The normalized spacial score (nSPS) is 10.8. The van der Waals surface area contributed by atoms with E-state index in [1.54, 1.807) is 6.92 Å². The Kier molecular flexibility index (Phi) is 7.17. The number of fused-ring (bicyclic) bond motifs is 1. The van der Waals surface area contributed by atoms with Crippen LogP contribution in [0.5, 0.6) is 5.75 Å². The lowest BCUT2D eigenvalue weighted by molar-refractivity contribution is -0.116. The number of rotatable bonds is 9. The third-order valence-corrected chi connectivity index (χ3v) is 5.21. The predicted octanol–water partition coefficient (Wildman–Crippen LogP) is 4.70. The Hall–Kier alpha value is -4.20. The molecule has 4 rings (SSSR count). The van der Waals surface area contributed by atoms with Crippen LogP contribution in [0.4, 0.5) is 5.82 Å². The minimum Gasteiger partial charge on any atom is -0.494 e. The number of hydrogen-bond acceptors (Lipinski definition) is 6. The molecule has 2 heterocycles. The molecule has 0 aliphatic rings. The molecule has 0 bridgehead atoms. The average molecular weight is 459 g/mol. The molecule has 174 valence electrons. The number of anilines is 1. The van der Waals surface area contributed by atoms with Crippen molar-refractivity contribution in [1.29, 1.82) is 0 Å². The van der Waals surface area contributed by atoms with Gasteiger partial charge in [-0.3, -0.25) is 4.79 Å². The van der Waals surface area contributed by atoms with Crippen molar-refractivity contribution in [2.75, 3.05) is 18.5 Å². The SMILES string of the molecule is CCOC(=O)c1cnn(-c2cc(C)c3ccccc3n2)c1NC(=O)CCCOc1ccccc1. The third kappa shape index (κ3) is 5.23. The van der Waals surface area contributed by atoms with Gasteiger partial charge in [0.25, 0.3) is 0 Å². The van der Waals surface area contributed by atoms with Gasteiger partial charge in [0.2, 0.25) is 5.91 Å². The zero-order valence-corrected chi connectivity index (χ0v) is 19.2. The number of carbonyl (C=O) groups excluding carboxylic acids is 2. The molecule has 0 aliphatic heterocycles. The van der Waals surface area contributed by atoms with Crippen molar-refractivity contribution in [3.05, 3.63) is 78.0 Å². The number of ether oxygens (including phenoxy) is 2. The molecule has 4 aromatic rings. The van der Waals surface area contributed by atoms with Crippen LogP contribution >= 0.6 is 0 Å². The standard InChI is InChI=1S/C26H26N4O4/c1-3-33-26(32)21-17-27-30(23-16-18(2)20-12-7-8-13-22(20)28-23)25(21)29-24(31)14-9-15-34-19-10-5-4-6-11-19/h4-8,10-13,16-17H,3,9,14-15H2,1-2H3,(H,29,31). The second-order valence-electron chi connectivity index (χ2n) is 7.67. The van der Waals surface area contributed by atoms with E-state index < -0.39 is 5.97 Å². The Balaban J connectivity index is 1.54. The highest BCUT2D eigenvalue weighted by molar-refractivity contribution is 6.00. The van der Waals surface area contributed by atoms with Crippen LogP contribution in [-0.4, -0.2) is 39.9 Å². The first-order chi connectivity index (χ1) is 16.6. The molecule has 2 aromatic carbocycles. The number of benzene rings is 2. The first-order valence-corrected chi connectivity index (χ1v) is 11.2. The van der Waals surface area contributed by atoms with Gasteiger partial charge < -0.3 is 14.8 Å². The maximum Gasteiger partial charge on any atom is 0.343 e. The molecule has 0 saturated carbocycles. The van der Waals surface area contributed by atoms with E-state index >= 15 is 0 Å². The topological polar surface area (TPSA) is 95.3 Å². The maximum atomic E-state index is 12.7. The highest BCUT2D eigenvalue weighted by Crippen LogP contribution is 2.24. The zero-order valence-electron chi connectivity index (χ0n) is 19.2. The van der Waals surface area contributed by atoms with Gasteiger partial charge in [0.05, 0.1) is 24.9 Å². The summed E-state index contributed by atoms with van der Waals surface area (Å²) in [5.41, 5.74) is 1.97. The van der Waals surface area contributed by atoms with E-state index in [1.807, 2.05) is 67.6 Å². The minimum atomic E-state index is -0.561. The Labute approximate surface area is 197 Å². The quantitative estimate of drug-likeness (QED) is 0.288. The summed E-state index contributed by atoms with van der Waals surface area (Å²) in [5.74, 6) is 0.655. The summed E-state index contributed by atoms with van der Waals surface area (Å²) in [7, 11) is 0. The van der Waals surface area contributed by atoms with Crippen LogP contribution in [-0.2, 0) is 9.53 Å². The predicted molar refractivity (Wildman–Crippen MR) is 129 cm³/mol. The second kappa shape index (κ2) is 10.6. The fourth-order valence-corrected chi connectivity index (χ4v) is 3.57. The lowest BCUT2D eigenvalue weighted by atomic mass is 10.1. The van der Waals surface area contributed by atoms with Crippen LogP contribution in [0.25, 0.3) is 16.7 Å². The van der Waals surface area contributed by atoms with Crippen molar-refractivity contribution in [3.63, 3.8) is 0 Å². The summed E-state index contributed by atoms with van der Waals surface area (Å²) in [6.07, 6.45) is 2.11. The molecule has 0 saturated heterocycles. The van der Waals surface area contributed by atoms with E-state index in [0.717, 1.165) is 22.2 Å². The fraction of sp³-hybridized carbons (Fsp3) is 0.231. The number of aromatic nitrogens is 3. The summed E-state index contributed by atoms with van der Waals surface area (Å²) in [4.78, 5) is 29.9. The number of amides is 1. The number of nitrogens with one attached hydrogen (secondary N) is 1. The molecule has 1 N–H and O–H groups in total. The molecule has 0 atom stereocenters. The Morgan fingerprint density at radius 1 is 1.06 bits per heavy atom.